The summed E-state index contributed by atoms with van der Waals surface area (Å²) in [4.78, 5) is 0. The molecule has 0 fully saturated rings. The Hall–Kier alpha value is 0.700. The van der Waals surface area contributed by atoms with E-state index < -0.39 is 0 Å². The van der Waals surface area contributed by atoms with Crippen LogP contribution in [0.4, 0.5) is 0 Å². The Kier molecular flexibility index (Phi) is 4.06. The first-order valence-electron chi connectivity index (χ1n) is 3.08. The monoisotopic (exact) mass is 164 g/mol. The van der Waals surface area contributed by atoms with Crippen molar-refractivity contribution in [3.63, 3.8) is 0 Å². The highest BCUT2D eigenvalue weighted by atomic mass is 32.2. The molecule has 0 saturated carbocycles. The minimum absolute atomic E-state index is 0.443. The van der Waals surface area contributed by atoms with Crippen LogP contribution < -0.4 is 0 Å². The van der Waals surface area contributed by atoms with Crippen LogP contribution in [0.1, 0.15) is 20.8 Å². The Morgan fingerprint density at radius 3 is 1.33 bits per heavy atom. The Balaban J connectivity index is 3.79. The van der Waals surface area contributed by atoms with Crippen molar-refractivity contribution in [2.24, 2.45) is 5.41 Å². The van der Waals surface area contributed by atoms with Gasteiger partial charge in [-0.15, -0.1) is 0 Å². The summed E-state index contributed by atoms with van der Waals surface area (Å²) in [7, 11) is 0. The average molecular weight is 164 g/mol. The van der Waals surface area contributed by atoms with Crippen molar-refractivity contribution in [2.45, 2.75) is 25.4 Å². The van der Waals surface area contributed by atoms with Gasteiger partial charge in [0.2, 0.25) is 0 Å². The molecule has 0 aliphatic rings. The van der Waals surface area contributed by atoms with Crippen LogP contribution in [0.2, 0.25) is 0 Å². The molecule has 0 N–H and O–H groups in total. The molecule has 0 radical (unpaired) electrons. The lowest BCUT2D eigenvalue weighted by molar-refractivity contribution is 0.460. The van der Waals surface area contributed by atoms with Gasteiger partial charge in [0, 0.05) is 0 Å². The van der Waals surface area contributed by atoms with Crippen molar-refractivity contribution in [3.8, 4) is 0 Å². The topological polar surface area (TPSA) is 0 Å². The standard InChI is InChI=1S/C7H16S2/c1-7(2,3)6(8-4)9-5/h6H,1-5H3. The molecule has 0 aromatic heterocycles. The molecule has 0 nitrogen and oxygen atoms in total. The van der Waals surface area contributed by atoms with Crippen LogP contribution in [-0.2, 0) is 0 Å². The average Bonchev–Trinajstić information content (AvgIpc) is 1.65. The van der Waals surface area contributed by atoms with E-state index in [2.05, 4.69) is 33.3 Å². The van der Waals surface area contributed by atoms with E-state index in [0.29, 0.717) is 5.41 Å². The third kappa shape index (κ3) is 3.41. The van der Waals surface area contributed by atoms with Crippen LogP contribution in [0.25, 0.3) is 0 Å². The van der Waals surface area contributed by atoms with E-state index in [1.165, 1.54) is 0 Å². The third-order valence-corrected chi connectivity index (χ3v) is 4.56. The molecule has 0 aliphatic carbocycles. The summed E-state index contributed by atoms with van der Waals surface area (Å²) < 4.78 is 0.734. The molecule has 0 aromatic rings. The van der Waals surface area contributed by atoms with Crippen LogP contribution in [0.5, 0.6) is 0 Å². The molecule has 0 aromatic carbocycles. The van der Waals surface area contributed by atoms with Crippen molar-refractivity contribution in [1.29, 1.82) is 0 Å². The molecule has 0 unspecified atom stereocenters. The molecule has 0 amide bonds. The number of thioether (sulfide) groups is 2. The van der Waals surface area contributed by atoms with Gasteiger partial charge in [-0.25, -0.2) is 0 Å². The fourth-order valence-electron chi connectivity index (χ4n) is 0.803. The van der Waals surface area contributed by atoms with Crippen molar-refractivity contribution in [1.82, 2.24) is 0 Å². The van der Waals surface area contributed by atoms with Crippen LogP contribution in [0.3, 0.4) is 0 Å². The first-order chi connectivity index (χ1) is 4.02. The van der Waals surface area contributed by atoms with Gasteiger partial charge in [-0.1, -0.05) is 20.8 Å². The Morgan fingerprint density at radius 1 is 1.00 bits per heavy atom. The molecule has 0 rings (SSSR count). The van der Waals surface area contributed by atoms with Crippen LogP contribution >= 0.6 is 23.5 Å². The van der Waals surface area contributed by atoms with Crippen molar-refractivity contribution < 1.29 is 0 Å². The number of rotatable bonds is 2. The second-order valence-corrected chi connectivity index (χ2v) is 5.35. The fourth-order valence-corrected chi connectivity index (χ4v) is 2.99. The Bertz CT molecular complexity index is 69.5. The summed E-state index contributed by atoms with van der Waals surface area (Å²) in [5, 5.41) is 0. The molecule has 0 aliphatic heterocycles. The maximum Gasteiger partial charge on any atom is 0.0545 e. The van der Waals surface area contributed by atoms with Gasteiger partial charge in [-0.05, 0) is 17.9 Å². The van der Waals surface area contributed by atoms with E-state index in [-0.39, 0.29) is 0 Å². The normalized spacial score (nSPS) is 12.7. The lowest BCUT2D eigenvalue weighted by Crippen LogP contribution is -2.18. The lowest BCUT2D eigenvalue weighted by atomic mass is 10.0. The van der Waals surface area contributed by atoms with Gasteiger partial charge in [0.15, 0.2) is 0 Å². The minimum Gasteiger partial charge on any atom is -0.151 e. The summed E-state index contributed by atoms with van der Waals surface area (Å²) in [6.45, 7) is 6.85. The molecule has 0 spiro atoms. The molecule has 0 saturated heterocycles. The number of hydrogen-bond acceptors (Lipinski definition) is 2. The SMILES string of the molecule is CSC(SC)C(C)(C)C. The largest absolute Gasteiger partial charge is 0.151 e. The Morgan fingerprint density at radius 2 is 1.33 bits per heavy atom. The summed E-state index contributed by atoms with van der Waals surface area (Å²) in [5.74, 6) is 0. The highest BCUT2D eigenvalue weighted by Crippen LogP contribution is 2.35. The van der Waals surface area contributed by atoms with Gasteiger partial charge in [0.1, 0.15) is 0 Å². The maximum absolute atomic E-state index is 2.28. The summed E-state index contributed by atoms with van der Waals surface area (Å²) >= 11 is 3.88. The molecule has 0 bridgehead atoms. The minimum atomic E-state index is 0.443. The molecule has 9 heavy (non-hydrogen) atoms. The second-order valence-electron chi connectivity index (χ2n) is 3.17. The van der Waals surface area contributed by atoms with E-state index >= 15 is 0 Å². The predicted octanol–water partition coefficient (Wildman–Crippen LogP) is 3.08. The highest BCUT2D eigenvalue weighted by molar-refractivity contribution is 8.16. The van der Waals surface area contributed by atoms with E-state index in [0.717, 1.165) is 4.58 Å². The quantitative estimate of drug-likeness (QED) is 0.575. The zero-order valence-electron chi connectivity index (χ0n) is 6.89. The molecular weight excluding hydrogens is 148 g/mol. The van der Waals surface area contributed by atoms with E-state index in [1.807, 2.05) is 23.5 Å². The first kappa shape index (κ1) is 9.70. The maximum atomic E-state index is 2.28. The summed E-state index contributed by atoms with van der Waals surface area (Å²) in [6.07, 6.45) is 4.35. The van der Waals surface area contributed by atoms with Gasteiger partial charge < -0.3 is 0 Å². The van der Waals surface area contributed by atoms with Crippen LogP contribution in [-0.4, -0.2) is 17.1 Å². The van der Waals surface area contributed by atoms with Gasteiger partial charge in [-0.2, -0.15) is 23.5 Å². The predicted molar refractivity (Wildman–Crippen MR) is 50.3 cm³/mol. The van der Waals surface area contributed by atoms with E-state index in [1.54, 1.807) is 0 Å². The van der Waals surface area contributed by atoms with Gasteiger partial charge >= 0.3 is 0 Å². The van der Waals surface area contributed by atoms with E-state index in [9.17, 15) is 0 Å². The van der Waals surface area contributed by atoms with Gasteiger partial charge in [0.05, 0.1) is 4.58 Å². The molecule has 0 heterocycles. The zero-order valence-corrected chi connectivity index (χ0v) is 8.53. The molecule has 0 atom stereocenters. The Labute approximate surface area is 67.2 Å². The van der Waals surface area contributed by atoms with E-state index in [4.69, 9.17) is 0 Å². The second kappa shape index (κ2) is 3.77. The van der Waals surface area contributed by atoms with Gasteiger partial charge in [0.25, 0.3) is 0 Å². The van der Waals surface area contributed by atoms with Crippen LogP contribution in [0.15, 0.2) is 0 Å². The molecule has 56 valence electrons. The summed E-state index contributed by atoms with van der Waals surface area (Å²) in [5.41, 5.74) is 0.443. The van der Waals surface area contributed by atoms with Crippen LogP contribution in [0, 0.1) is 5.41 Å². The third-order valence-electron chi connectivity index (χ3n) is 1.14. The molecule has 2 heteroatoms. The highest BCUT2D eigenvalue weighted by Gasteiger charge is 2.21. The molecular formula is C7H16S2. The smallest absolute Gasteiger partial charge is 0.0545 e. The van der Waals surface area contributed by atoms with Crippen molar-refractivity contribution >= 4 is 23.5 Å². The fraction of sp³-hybridized carbons (Fsp3) is 1.00. The summed E-state index contributed by atoms with van der Waals surface area (Å²) in [6, 6.07) is 0. The van der Waals surface area contributed by atoms with Gasteiger partial charge in [-0.3, -0.25) is 0 Å². The number of hydrogen-bond donors (Lipinski definition) is 0. The van der Waals surface area contributed by atoms with Crippen molar-refractivity contribution in [2.75, 3.05) is 12.5 Å². The zero-order chi connectivity index (χ0) is 7.49. The van der Waals surface area contributed by atoms with Crippen molar-refractivity contribution in [3.05, 3.63) is 0 Å². The first-order valence-corrected chi connectivity index (χ1v) is 5.65. The lowest BCUT2D eigenvalue weighted by Gasteiger charge is -2.26.